The molecule has 0 aromatic heterocycles. The SMILES string of the molecule is CC(=O)N1CCSC1NCC(=O)N1CCSC1. The molecule has 2 rings (SSSR count). The molecule has 2 aliphatic rings. The number of hydrogen-bond acceptors (Lipinski definition) is 5. The van der Waals surface area contributed by atoms with Gasteiger partial charge < -0.3 is 9.80 Å². The number of carbonyl (C=O) groups is 2. The Hall–Kier alpha value is -0.400. The lowest BCUT2D eigenvalue weighted by Gasteiger charge is -2.24. The molecule has 2 amide bonds. The van der Waals surface area contributed by atoms with Gasteiger partial charge in [0.2, 0.25) is 11.8 Å². The summed E-state index contributed by atoms with van der Waals surface area (Å²) in [7, 11) is 0. The van der Waals surface area contributed by atoms with E-state index < -0.39 is 0 Å². The number of rotatable bonds is 3. The van der Waals surface area contributed by atoms with Crippen LogP contribution < -0.4 is 5.32 Å². The Morgan fingerprint density at radius 1 is 1.35 bits per heavy atom. The predicted molar refractivity (Wildman–Crippen MR) is 70.7 cm³/mol. The molecule has 0 aliphatic carbocycles. The van der Waals surface area contributed by atoms with Crippen molar-refractivity contribution < 1.29 is 9.59 Å². The van der Waals surface area contributed by atoms with E-state index >= 15 is 0 Å². The van der Waals surface area contributed by atoms with Gasteiger partial charge in [-0.3, -0.25) is 14.9 Å². The van der Waals surface area contributed by atoms with Crippen LogP contribution in [0.15, 0.2) is 0 Å². The molecule has 96 valence electrons. The fraction of sp³-hybridized carbons (Fsp3) is 0.800. The lowest BCUT2D eigenvalue weighted by atomic mass is 10.5. The lowest BCUT2D eigenvalue weighted by molar-refractivity contribution is -0.132. The number of carbonyl (C=O) groups excluding carboxylic acids is 2. The summed E-state index contributed by atoms with van der Waals surface area (Å²) in [6.07, 6.45) is 0. The molecule has 2 aliphatic heterocycles. The van der Waals surface area contributed by atoms with Gasteiger partial charge in [0.05, 0.1) is 12.4 Å². The predicted octanol–water partition coefficient (Wildman–Crippen LogP) is -0.0122. The van der Waals surface area contributed by atoms with E-state index in [4.69, 9.17) is 0 Å². The largest absolute Gasteiger partial charge is 0.332 e. The second-order valence-corrected chi connectivity index (χ2v) is 6.27. The molecule has 2 fully saturated rings. The average Bonchev–Trinajstić information content (AvgIpc) is 2.96. The number of thioether (sulfide) groups is 2. The Morgan fingerprint density at radius 2 is 2.18 bits per heavy atom. The maximum atomic E-state index is 11.8. The van der Waals surface area contributed by atoms with Gasteiger partial charge >= 0.3 is 0 Å². The van der Waals surface area contributed by atoms with Gasteiger partial charge in [0.25, 0.3) is 0 Å². The third-order valence-electron chi connectivity index (χ3n) is 2.83. The van der Waals surface area contributed by atoms with E-state index in [-0.39, 0.29) is 17.3 Å². The van der Waals surface area contributed by atoms with Crippen molar-refractivity contribution in [1.82, 2.24) is 15.1 Å². The lowest BCUT2D eigenvalue weighted by Crippen LogP contribution is -2.46. The Bertz CT molecular complexity index is 308. The smallest absolute Gasteiger partial charge is 0.237 e. The van der Waals surface area contributed by atoms with Gasteiger partial charge in [-0.05, 0) is 0 Å². The van der Waals surface area contributed by atoms with Gasteiger partial charge in [0.1, 0.15) is 5.50 Å². The van der Waals surface area contributed by atoms with Crippen LogP contribution in [-0.2, 0) is 9.59 Å². The quantitative estimate of drug-likeness (QED) is 0.785. The topological polar surface area (TPSA) is 52.7 Å². The van der Waals surface area contributed by atoms with Gasteiger partial charge in [0.15, 0.2) is 0 Å². The van der Waals surface area contributed by atoms with E-state index in [0.29, 0.717) is 6.54 Å². The molecular weight excluding hydrogens is 258 g/mol. The van der Waals surface area contributed by atoms with Crippen molar-refractivity contribution in [2.75, 3.05) is 37.0 Å². The summed E-state index contributed by atoms with van der Waals surface area (Å²) < 4.78 is 0. The van der Waals surface area contributed by atoms with Gasteiger partial charge in [-0.15, -0.1) is 23.5 Å². The molecule has 1 N–H and O–H groups in total. The number of nitrogens with one attached hydrogen (secondary N) is 1. The fourth-order valence-electron chi connectivity index (χ4n) is 1.86. The molecule has 0 aromatic carbocycles. The molecule has 1 unspecified atom stereocenters. The minimum atomic E-state index is -0.0355. The molecule has 2 saturated heterocycles. The molecule has 0 bridgehead atoms. The van der Waals surface area contributed by atoms with Crippen LogP contribution in [0.4, 0.5) is 0 Å². The van der Waals surface area contributed by atoms with E-state index in [1.807, 2.05) is 4.90 Å². The van der Waals surface area contributed by atoms with Gasteiger partial charge in [-0.2, -0.15) is 0 Å². The summed E-state index contributed by atoms with van der Waals surface area (Å²) in [5.41, 5.74) is -0.0355. The monoisotopic (exact) mass is 275 g/mol. The summed E-state index contributed by atoms with van der Waals surface area (Å²) >= 11 is 3.46. The van der Waals surface area contributed by atoms with Crippen LogP contribution >= 0.6 is 23.5 Å². The van der Waals surface area contributed by atoms with E-state index in [0.717, 1.165) is 30.5 Å². The summed E-state index contributed by atoms with van der Waals surface area (Å²) in [6.45, 7) is 3.51. The number of hydrogen-bond donors (Lipinski definition) is 1. The Morgan fingerprint density at radius 3 is 2.82 bits per heavy atom. The zero-order chi connectivity index (χ0) is 12.3. The molecule has 1 atom stereocenters. The highest BCUT2D eigenvalue weighted by Gasteiger charge is 2.28. The zero-order valence-corrected chi connectivity index (χ0v) is 11.5. The standard InChI is InChI=1S/C10H17N3O2S2/c1-8(14)13-3-5-17-10(13)11-6-9(15)12-2-4-16-7-12/h10-11H,2-7H2,1H3. The molecule has 17 heavy (non-hydrogen) atoms. The van der Waals surface area contributed by atoms with E-state index in [1.54, 1.807) is 35.3 Å². The van der Waals surface area contributed by atoms with Crippen molar-refractivity contribution in [3.05, 3.63) is 0 Å². The first-order chi connectivity index (χ1) is 8.18. The minimum Gasteiger partial charge on any atom is -0.332 e. The molecule has 2 heterocycles. The number of nitrogens with zero attached hydrogens (tertiary/aromatic N) is 2. The maximum Gasteiger partial charge on any atom is 0.237 e. The second kappa shape index (κ2) is 5.97. The van der Waals surface area contributed by atoms with Crippen LogP contribution in [0.3, 0.4) is 0 Å². The first-order valence-electron chi connectivity index (χ1n) is 5.66. The first-order valence-corrected chi connectivity index (χ1v) is 7.86. The van der Waals surface area contributed by atoms with Crippen molar-refractivity contribution in [3.8, 4) is 0 Å². The molecule has 7 heteroatoms. The highest BCUT2D eigenvalue weighted by Crippen LogP contribution is 2.21. The zero-order valence-electron chi connectivity index (χ0n) is 9.85. The molecule has 0 saturated carbocycles. The van der Waals surface area contributed by atoms with E-state index in [2.05, 4.69) is 5.32 Å². The van der Waals surface area contributed by atoms with Crippen LogP contribution in [0.2, 0.25) is 0 Å². The Labute approximate surface area is 110 Å². The van der Waals surface area contributed by atoms with Crippen molar-refractivity contribution in [1.29, 1.82) is 0 Å². The second-order valence-electron chi connectivity index (χ2n) is 4.01. The maximum absolute atomic E-state index is 11.8. The van der Waals surface area contributed by atoms with Crippen LogP contribution in [0.5, 0.6) is 0 Å². The molecular formula is C10H17N3O2S2. The highest BCUT2D eigenvalue weighted by molar-refractivity contribution is 8.00. The summed E-state index contributed by atoms with van der Waals surface area (Å²) in [4.78, 5) is 26.8. The van der Waals surface area contributed by atoms with E-state index in [9.17, 15) is 9.59 Å². The minimum absolute atomic E-state index is 0.0355. The Kier molecular flexibility index (Phi) is 4.58. The van der Waals surface area contributed by atoms with Crippen LogP contribution in [0.25, 0.3) is 0 Å². The molecule has 5 nitrogen and oxygen atoms in total. The van der Waals surface area contributed by atoms with Crippen LogP contribution in [-0.4, -0.2) is 64.1 Å². The fourth-order valence-corrected chi connectivity index (χ4v) is 3.99. The molecule has 0 aromatic rings. The molecule has 0 radical (unpaired) electrons. The average molecular weight is 275 g/mol. The summed E-state index contributed by atoms with van der Waals surface area (Å²) in [5, 5.41) is 3.16. The molecule has 0 spiro atoms. The van der Waals surface area contributed by atoms with Crippen LogP contribution in [0.1, 0.15) is 6.92 Å². The number of amides is 2. The summed E-state index contributed by atoms with van der Waals surface area (Å²) in [5.74, 6) is 2.96. The third kappa shape index (κ3) is 3.29. The first kappa shape index (κ1) is 13.0. The van der Waals surface area contributed by atoms with Crippen LogP contribution in [0, 0.1) is 0 Å². The van der Waals surface area contributed by atoms with Crippen molar-refractivity contribution in [2.45, 2.75) is 12.4 Å². The highest BCUT2D eigenvalue weighted by atomic mass is 32.2. The van der Waals surface area contributed by atoms with E-state index in [1.165, 1.54) is 0 Å². The van der Waals surface area contributed by atoms with Gasteiger partial charge in [-0.1, -0.05) is 0 Å². The Balaban J connectivity index is 1.77. The normalized spacial score (nSPS) is 24.4. The van der Waals surface area contributed by atoms with Crippen molar-refractivity contribution in [3.63, 3.8) is 0 Å². The van der Waals surface area contributed by atoms with Crippen molar-refractivity contribution in [2.24, 2.45) is 0 Å². The van der Waals surface area contributed by atoms with Gasteiger partial charge in [-0.25, -0.2) is 0 Å². The third-order valence-corrected chi connectivity index (χ3v) is 4.95. The summed E-state index contributed by atoms with van der Waals surface area (Å²) in [6, 6.07) is 0. The van der Waals surface area contributed by atoms with Crippen molar-refractivity contribution >= 4 is 35.3 Å². The van der Waals surface area contributed by atoms with Gasteiger partial charge in [0, 0.05) is 31.5 Å².